The molecular weight excluding hydrogens is 270 g/mol. The maximum atomic E-state index is 12.5. The molecule has 0 fully saturated rings. The minimum atomic E-state index is -3.45. The largest absolute Gasteiger partial charge is 0.243 e. The first-order valence-corrected chi connectivity index (χ1v) is 7.83. The van der Waals surface area contributed by atoms with Gasteiger partial charge >= 0.3 is 0 Å². The summed E-state index contributed by atoms with van der Waals surface area (Å²) in [5, 5.41) is 0. The van der Waals surface area contributed by atoms with Crippen molar-refractivity contribution in [2.24, 2.45) is 0 Å². The molecule has 18 heavy (non-hydrogen) atoms. The molecule has 0 aliphatic heterocycles. The van der Waals surface area contributed by atoms with Crippen LogP contribution in [0.5, 0.6) is 0 Å². The third-order valence-electron chi connectivity index (χ3n) is 3.22. The molecule has 102 valence electrons. The van der Waals surface area contributed by atoms with E-state index in [0.29, 0.717) is 10.8 Å². The number of aryl methyl sites for hydroxylation is 1. The zero-order valence-electron chi connectivity index (χ0n) is 11.5. The second-order valence-corrected chi connectivity index (χ2v) is 7.02. The number of hydrogen-bond acceptors (Lipinski definition) is 2. The predicted molar refractivity (Wildman–Crippen MR) is 75.6 cm³/mol. The van der Waals surface area contributed by atoms with Crippen molar-refractivity contribution in [3.63, 3.8) is 0 Å². The van der Waals surface area contributed by atoms with Gasteiger partial charge in [0.15, 0.2) is 0 Å². The molecule has 0 spiro atoms. The molecule has 0 amide bonds. The van der Waals surface area contributed by atoms with E-state index in [9.17, 15) is 8.42 Å². The molecule has 0 aliphatic carbocycles. The Morgan fingerprint density at radius 2 is 1.83 bits per heavy atom. The molecule has 0 saturated carbocycles. The molecule has 5 heteroatoms. The van der Waals surface area contributed by atoms with Gasteiger partial charge in [-0.3, -0.25) is 0 Å². The first-order chi connectivity index (χ1) is 8.21. The van der Waals surface area contributed by atoms with Crippen molar-refractivity contribution in [3.05, 3.63) is 28.8 Å². The quantitative estimate of drug-likeness (QED) is 0.799. The van der Waals surface area contributed by atoms with Crippen LogP contribution in [0.3, 0.4) is 0 Å². The predicted octanol–water partition coefficient (Wildman–Crippen LogP) is 3.07. The highest BCUT2D eigenvalue weighted by molar-refractivity contribution is 7.89. The van der Waals surface area contributed by atoms with E-state index in [1.165, 1.54) is 4.31 Å². The Kier molecular flexibility index (Phi) is 4.81. The highest BCUT2D eigenvalue weighted by atomic mass is 35.5. The van der Waals surface area contributed by atoms with Gasteiger partial charge in [-0.15, -0.1) is 11.6 Å². The first kappa shape index (κ1) is 15.5. The molecule has 0 saturated heterocycles. The molecule has 1 rings (SSSR count). The van der Waals surface area contributed by atoms with Gasteiger partial charge in [0.05, 0.1) is 4.90 Å². The van der Waals surface area contributed by atoms with Crippen molar-refractivity contribution < 1.29 is 8.42 Å². The van der Waals surface area contributed by atoms with E-state index < -0.39 is 10.0 Å². The summed E-state index contributed by atoms with van der Waals surface area (Å²) in [4.78, 5) is 0.356. The minimum absolute atomic E-state index is 0.0747. The van der Waals surface area contributed by atoms with Crippen LogP contribution in [-0.4, -0.2) is 25.8 Å². The normalized spacial score (nSPS) is 12.4. The molecule has 3 nitrogen and oxygen atoms in total. The molecule has 1 aromatic carbocycles. The monoisotopic (exact) mass is 289 g/mol. The van der Waals surface area contributed by atoms with Crippen molar-refractivity contribution in [1.82, 2.24) is 4.31 Å². The van der Waals surface area contributed by atoms with Crippen LogP contribution in [0.4, 0.5) is 0 Å². The fourth-order valence-electron chi connectivity index (χ4n) is 1.68. The lowest BCUT2D eigenvalue weighted by Gasteiger charge is -2.23. The zero-order chi connectivity index (χ0) is 14.1. The molecule has 0 bridgehead atoms. The average molecular weight is 290 g/mol. The van der Waals surface area contributed by atoms with Crippen LogP contribution in [-0.2, 0) is 15.9 Å². The number of sulfonamides is 1. The van der Waals surface area contributed by atoms with Gasteiger partial charge in [0.2, 0.25) is 10.0 Å². The van der Waals surface area contributed by atoms with Crippen LogP contribution < -0.4 is 0 Å². The molecule has 1 aromatic rings. The highest BCUT2D eigenvalue weighted by Crippen LogP contribution is 2.25. The van der Waals surface area contributed by atoms with E-state index in [-0.39, 0.29) is 6.04 Å². The Labute approximate surface area is 115 Å². The summed E-state index contributed by atoms with van der Waals surface area (Å²) >= 11 is 5.81. The van der Waals surface area contributed by atoms with Gasteiger partial charge in [0, 0.05) is 19.0 Å². The van der Waals surface area contributed by atoms with Crippen molar-refractivity contribution in [3.8, 4) is 0 Å². The fraction of sp³-hybridized carbons (Fsp3) is 0.538. The number of rotatable bonds is 4. The summed E-state index contributed by atoms with van der Waals surface area (Å²) in [7, 11) is -1.85. The average Bonchev–Trinajstić information content (AvgIpc) is 2.30. The molecular formula is C13H20ClNO2S. The summed E-state index contributed by atoms with van der Waals surface area (Å²) in [5.74, 6) is 0.315. The van der Waals surface area contributed by atoms with Crippen LogP contribution in [0.2, 0.25) is 0 Å². The molecule has 0 aromatic heterocycles. The lowest BCUT2D eigenvalue weighted by Crippen LogP contribution is -2.33. The fourth-order valence-corrected chi connectivity index (χ4v) is 3.54. The van der Waals surface area contributed by atoms with Gasteiger partial charge in [0.25, 0.3) is 0 Å². The van der Waals surface area contributed by atoms with Crippen molar-refractivity contribution in [2.45, 2.75) is 44.5 Å². The third-order valence-corrected chi connectivity index (χ3v) is 5.69. The van der Waals surface area contributed by atoms with Crippen molar-refractivity contribution in [2.75, 3.05) is 7.05 Å². The third kappa shape index (κ3) is 2.87. The van der Waals surface area contributed by atoms with E-state index >= 15 is 0 Å². The van der Waals surface area contributed by atoms with E-state index in [1.807, 2.05) is 33.8 Å². The molecule has 0 heterocycles. The van der Waals surface area contributed by atoms with Crippen molar-refractivity contribution >= 4 is 21.6 Å². The van der Waals surface area contributed by atoms with Crippen LogP contribution in [0.15, 0.2) is 17.0 Å². The smallest absolute Gasteiger partial charge is 0.207 e. The lowest BCUT2D eigenvalue weighted by atomic mass is 10.1. The maximum absolute atomic E-state index is 12.5. The van der Waals surface area contributed by atoms with Crippen LogP contribution in [0, 0.1) is 13.8 Å². The molecule has 0 unspecified atom stereocenters. The van der Waals surface area contributed by atoms with E-state index in [4.69, 9.17) is 11.6 Å². The Bertz CT molecular complexity index is 538. The van der Waals surface area contributed by atoms with Crippen molar-refractivity contribution in [1.29, 1.82) is 0 Å². The van der Waals surface area contributed by atoms with Crippen LogP contribution >= 0.6 is 11.6 Å². The molecule has 0 radical (unpaired) electrons. The summed E-state index contributed by atoms with van der Waals surface area (Å²) in [6.07, 6.45) is 0. The Morgan fingerprint density at radius 3 is 2.28 bits per heavy atom. The topological polar surface area (TPSA) is 37.4 Å². The van der Waals surface area contributed by atoms with Gasteiger partial charge in [-0.2, -0.15) is 4.31 Å². The van der Waals surface area contributed by atoms with Gasteiger partial charge in [-0.1, -0.05) is 6.07 Å². The van der Waals surface area contributed by atoms with Gasteiger partial charge < -0.3 is 0 Å². The maximum Gasteiger partial charge on any atom is 0.243 e. The molecule has 0 aliphatic rings. The van der Waals surface area contributed by atoms with Gasteiger partial charge in [-0.25, -0.2) is 8.42 Å². The summed E-state index contributed by atoms with van der Waals surface area (Å²) in [6, 6.07) is 3.52. The number of benzene rings is 1. The Hall–Kier alpha value is -0.580. The summed E-state index contributed by atoms with van der Waals surface area (Å²) < 4.78 is 26.4. The Morgan fingerprint density at radius 1 is 1.28 bits per heavy atom. The van der Waals surface area contributed by atoms with Gasteiger partial charge in [0.1, 0.15) is 0 Å². The second kappa shape index (κ2) is 5.59. The SMILES string of the molecule is Cc1cc(CCl)cc(S(=O)(=O)N(C)C(C)C)c1C. The number of halogens is 1. The second-order valence-electron chi connectivity index (χ2n) is 4.78. The minimum Gasteiger partial charge on any atom is -0.207 e. The van der Waals surface area contributed by atoms with Crippen LogP contribution in [0.1, 0.15) is 30.5 Å². The Balaban J connectivity index is 3.45. The number of alkyl halides is 1. The lowest BCUT2D eigenvalue weighted by molar-refractivity contribution is 0.410. The number of nitrogens with zero attached hydrogens (tertiary/aromatic N) is 1. The van der Waals surface area contributed by atoms with Gasteiger partial charge in [-0.05, 0) is 50.5 Å². The van der Waals surface area contributed by atoms with E-state index in [1.54, 1.807) is 13.1 Å². The standard InChI is InChI=1S/C13H20ClNO2S/c1-9(2)15(5)18(16,17)13-7-12(8-14)6-10(3)11(13)4/h6-7,9H,8H2,1-5H3. The van der Waals surface area contributed by atoms with E-state index in [2.05, 4.69) is 0 Å². The summed E-state index contributed by atoms with van der Waals surface area (Å²) in [6.45, 7) is 7.43. The van der Waals surface area contributed by atoms with E-state index in [0.717, 1.165) is 16.7 Å². The molecule has 0 atom stereocenters. The first-order valence-electron chi connectivity index (χ1n) is 5.86. The molecule has 0 N–H and O–H groups in total. The highest BCUT2D eigenvalue weighted by Gasteiger charge is 2.25. The summed E-state index contributed by atoms with van der Waals surface area (Å²) in [5.41, 5.74) is 2.57. The van der Waals surface area contributed by atoms with Crippen LogP contribution in [0.25, 0.3) is 0 Å². The zero-order valence-corrected chi connectivity index (χ0v) is 13.1. The number of hydrogen-bond donors (Lipinski definition) is 0.